The summed E-state index contributed by atoms with van der Waals surface area (Å²) in [5.74, 6) is -1.23. The van der Waals surface area contributed by atoms with Crippen LogP contribution in [0.1, 0.15) is 59.3 Å². The molecule has 1 amide bonds. The third kappa shape index (κ3) is 3.72. The van der Waals surface area contributed by atoms with Crippen LogP contribution >= 0.6 is 0 Å². The van der Waals surface area contributed by atoms with Crippen LogP contribution in [0.5, 0.6) is 0 Å². The second kappa shape index (κ2) is 6.21. The molecule has 0 bridgehead atoms. The van der Waals surface area contributed by atoms with Crippen LogP contribution in [-0.4, -0.2) is 23.0 Å². The highest BCUT2D eigenvalue weighted by atomic mass is 16.4. The third-order valence-corrected chi connectivity index (χ3v) is 4.15. The lowest BCUT2D eigenvalue weighted by Gasteiger charge is -2.28. The Kier molecular flexibility index (Phi) is 5.17. The van der Waals surface area contributed by atoms with Gasteiger partial charge in [0.2, 0.25) is 5.91 Å². The average Bonchev–Trinajstić information content (AvgIpc) is 2.54. The molecule has 18 heavy (non-hydrogen) atoms. The number of carboxylic acid groups (broad SMARTS) is 1. The minimum Gasteiger partial charge on any atom is -0.481 e. The van der Waals surface area contributed by atoms with E-state index >= 15 is 0 Å². The molecule has 0 heterocycles. The zero-order valence-electron chi connectivity index (χ0n) is 11.7. The van der Waals surface area contributed by atoms with Crippen molar-refractivity contribution in [2.45, 2.75) is 65.3 Å². The normalized spacial score (nSPS) is 25.3. The second-order valence-corrected chi connectivity index (χ2v) is 5.90. The standard InChI is InChI=1S/C14H25NO3/c1-4-14(2,3)13(18)15-11-9-7-5-6-8-10(11)12(16)17/h10-11H,4-9H2,1-3H3,(H,15,18)(H,16,17). The molecule has 0 aromatic carbocycles. The highest BCUT2D eigenvalue weighted by molar-refractivity contribution is 5.83. The SMILES string of the molecule is CCC(C)(C)C(=O)NC1CCCCCC1C(=O)O. The molecule has 2 atom stereocenters. The molecule has 4 heteroatoms. The summed E-state index contributed by atoms with van der Waals surface area (Å²) < 4.78 is 0. The van der Waals surface area contributed by atoms with Gasteiger partial charge in [0.05, 0.1) is 5.92 Å². The van der Waals surface area contributed by atoms with Gasteiger partial charge in [0, 0.05) is 11.5 Å². The number of hydrogen-bond acceptors (Lipinski definition) is 2. The van der Waals surface area contributed by atoms with Crippen LogP contribution in [0.4, 0.5) is 0 Å². The Hall–Kier alpha value is -1.06. The summed E-state index contributed by atoms with van der Waals surface area (Å²) in [4.78, 5) is 23.4. The number of aliphatic carboxylic acids is 1. The molecule has 1 aliphatic carbocycles. The molecular weight excluding hydrogens is 230 g/mol. The van der Waals surface area contributed by atoms with E-state index in [0.717, 1.165) is 32.1 Å². The van der Waals surface area contributed by atoms with Gasteiger partial charge in [-0.15, -0.1) is 0 Å². The predicted octanol–water partition coefficient (Wildman–Crippen LogP) is 2.57. The average molecular weight is 255 g/mol. The van der Waals surface area contributed by atoms with Crippen LogP contribution in [0.15, 0.2) is 0 Å². The van der Waals surface area contributed by atoms with Gasteiger partial charge in [-0.1, -0.05) is 40.0 Å². The first-order chi connectivity index (χ1) is 8.38. The van der Waals surface area contributed by atoms with Crippen molar-refractivity contribution in [2.24, 2.45) is 11.3 Å². The highest BCUT2D eigenvalue weighted by Gasteiger charge is 2.34. The molecule has 0 aromatic rings. The van der Waals surface area contributed by atoms with Crippen molar-refractivity contribution in [1.29, 1.82) is 0 Å². The summed E-state index contributed by atoms with van der Waals surface area (Å²) in [5.41, 5.74) is -0.421. The lowest BCUT2D eigenvalue weighted by atomic mass is 9.87. The number of rotatable bonds is 4. The maximum absolute atomic E-state index is 12.1. The van der Waals surface area contributed by atoms with Crippen LogP contribution in [-0.2, 0) is 9.59 Å². The Morgan fingerprint density at radius 3 is 2.39 bits per heavy atom. The van der Waals surface area contributed by atoms with Crippen LogP contribution in [0.25, 0.3) is 0 Å². The number of carbonyl (C=O) groups excluding carboxylic acids is 1. The van der Waals surface area contributed by atoms with E-state index in [9.17, 15) is 14.7 Å². The van der Waals surface area contributed by atoms with Gasteiger partial charge < -0.3 is 10.4 Å². The van der Waals surface area contributed by atoms with E-state index in [-0.39, 0.29) is 11.9 Å². The van der Waals surface area contributed by atoms with E-state index in [1.807, 2.05) is 20.8 Å². The van der Waals surface area contributed by atoms with Gasteiger partial charge in [-0.2, -0.15) is 0 Å². The molecule has 4 nitrogen and oxygen atoms in total. The lowest BCUT2D eigenvalue weighted by Crippen LogP contribution is -2.47. The van der Waals surface area contributed by atoms with E-state index in [1.54, 1.807) is 0 Å². The Morgan fingerprint density at radius 1 is 1.22 bits per heavy atom. The molecular formula is C14H25NO3. The first-order valence-corrected chi connectivity index (χ1v) is 6.92. The Bertz CT molecular complexity index is 312. The van der Waals surface area contributed by atoms with Gasteiger partial charge in [0.1, 0.15) is 0 Å². The second-order valence-electron chi connectivity index (χ2n) is 5.90. The first kappa shape index (κ1) is 15.0. The number of nitrogens with one attached hydrogen (secondary N) is 1. The number of hydrogen-bond donors (Lipinski definition) is 2. The lowest BCUT2D eigenvalue weighted by molar-refractivity contribution is -0.143. The number of carbonyl (C=O) groups is 2. The van der Waals surface area contributed by atoms with E-state index in [4.69, 9.17) is 0 Å². The molecule has 0 aliphatic heterocycles. The van der Waals surface area contributed by atoms with Gasteiger partial charge in [-0.05, 0) is 19.3 Å². The van der Waals surface area contributed by atoms with Gasteiger partial charge in [0.15, 0.2) is 0 Å². The Labute approximate surface area is 109 Å². The molecule has 0 spiro atoms. The summed E-state index contributed by atoms with van der Waals surface area (Å²) >= 11 is 0. The number of amides is 1. The van der Waals surface area contributed by atoms with Crippen molar-refractivity contribution in [3.8, 4) is 0 Å². The molecule has 2 unspecified atom stereocenters. The van der Waals surface area contributed by atoms with Crippen LogP contribution in [0.2, 0.25) is 0 Å². The van der Waals surface area contributed by atoms with Gasteiger partial charge in [-0.3, -0.25) is 9.59 Å². The summed E-state index contributed by atoms with van der Waals surface area (Å²) in [6, 6.07) is -0.205. The Morgan fingerprint density at radius 2 is 1.83 bits per heavy atom. The van der Waals surface area contributed by atoms with Crippen molar-refractivity contribution in [3.05, 3.63) is 0 Å². The summed E-state index contributed by atoms with van der Waals surface area (Å²) in [5, 5.41) is 12.2. The summed E-state index contributed by atoms with van der Waals surface area (Å²) in [7, 11) is 0. The van der Waals surface area contributed by atoms with Gasteiger partial charge in [-0.25, -0.2) is 0 Å². The molecule has 1 aliphatic rings. The van der Waals surface area contributed by atoms with Crippen molar-refractivity contribution in [2.75, 3.05) is 0 Å². The molecule has 1 rings (SSSR count). The minimum absolute atomic E-state index is 0.0249. The molecule has 1 saturated carbocycles. The first-order valence-electron chi connectivity index (χ1n) is 6.92. The fourth-order valence-corrected chi connectivity index (χ4v) is 2.30. The molecule has 2 N–H and O–H groups in total. The zero-order chi connectivity index (χ0) is 13.8. The smallest absolute Gasteiger partial charge is 0.308 e. The monoisotopic (exact) mass is 255 g/mol. The minimum atomic E-state index is -0.781. The largest absolute Gasteiger partial charge is 0.481 e. The summed E-state index contributed by atoms with van der Waals surface area (Å²) in [6.07, 6.45) is 5.22. The third-order valence-electron chi connectivity index (χ3n) is 4.15. The maximum Gasteiger partial charge on any atom is 0.308 e. The van der Waals surface area contributed by atoms with Crippen LogP contribution < -0.4 is 5.32 Å². The highest BCUT2D eigenvalue weighted by Crippen LogP contribution is 2.26. The van der Waals surface area contributed by atoms with E-state index in [2.05, 4.69) is 5.32 Å². The topological polar surface area (TPSA) is 66.4 Å². The molecule has 0 radical (unpaired) electrons. The number of carboxylic acids is 1. The quantitative estimate of drug-likeness (QED) is 0.759. The fourth-order valence-electron chi connectivity index (χ4n) is 2.30. The molecule has 0 saturated heterocycles. The van der Waals surface area contributed by atoms with Crippen molar-refractivity contribution < 1.29 is 14.7 Å². The van der Waals surface area contributed by atoms with Crippen molar-refractivity contribution >= 4 is 11.9 Å². The Balaban J connectivity index is 2.72. The molecule has 0 aromatic heterocycles. The maximum atomic E-state index is 12.1. The van der Waals surface area contributed by atoms with Crippen molar-refractivity contribution in [3.63, 3.8) is 0 Å². The van der Waals surface area contributed by atoms with Crippen LogP contribution in [0, 0.1) is 11.3 Å². The van der Waals surface area contributed by atoms with Crippen LogP contribution in [0.3, 0.4) is 0 Å². The predicted molar refractivity (Wildman–Crippen MR) is 70.2 cm³/mol. The zero-order valence-corrected chi connectivity index (χ0v) is 11.7. The van der Waals surface area contributed by atoms with Crippen molar-refractivity contribution in [1.82, 2.24) is 5.32 Å². The van der Waals surface area contributed by atoms with Gasteiger partial charge in [0.25, 0.3) is 0 Å². The van der Waals surface area contributed by atoms with Gasteiger partial charge >= 0.3 is 5.97 Å². The fraction of sp³-hybridized carbons (Fsp3) is 0.857. The van der Waals surface area contributed by atoms with E-state index in [1.165, 1.54) is 0 Å². The van der Waals surface area contributed by atoms with E-state index in [0.29, 0.717) is 6.42 Å². The molecule has 104 valence electrons. The molecule has 1 fully saturated rings. The summed E-state index contributed by atoms with van der Waals surface area (Å²) in [6.45, 7) is 5.77. The van der Waals surface area contributed by atoms with E-state index < -0.39 is 17.3 Å².